The number of hydrogen-bond acceptors (Lipinski definition) is 1. The molecule has 0 amide bonds. The maximum Gasteiger partial charge on any atom is 0.135 e. The van der Waals surface area contributed by atoms with Gasteiger partial charge in [-0.25, -0.2) is 0 Å². The third kappa shape index (κ3) is 3.96. The SMILES string of the molecule is CC1(C)c2ccccc2-c2cc3c4cc(-c5ccc6c(c5)c5ccccc5n6-c5ccc6oc7ccccc7c6c5)ccc4n(-c4ccccc4)c3cc21. The summed E-state index contributed by atoms with van der Waals surface area (Å²) in [5, 5.41) is 7.29. The molecule has 11 aromatic rings. The molecule has 3 nitrogen and oxygen atoms in total. The summed E-state index contributed by atoms with van der Waals surface area (Å²) in [6, 6.07) is 62.3. The predicted molar refractivity (Wildman–Crippen MR) is 225 cm³/mol. The van der Waals surface area contributed by atoms with Crippen molar-refractivity contribution in [2.45, 2.75) is 19.3 Å². The molecule has 0 atom stereocenters. The predicted octanol–water partition coefficient (Wildman–Crippen LogP) is 13.8. The number of fused-ring (bicyclic) bond motifs is 12. The Bertz CT molecular complexity index is 3350. The summed E-state index contributed by atoms with van der Waals surface area (Å²) in [6.07, 6.45) is 0. The van der Waals surface area contributed by atoms with Crippen LogP contribution in [0.3, 0.4) is 0 Å². The number of aromatic nitrogens is 2. The second-order valence-electron chi connectivity index (χ2n) is 15.4. The maximum atomic E-state index is 6.18. The first-order valence-corrected chi connectivity index (χ1v) is 18.8. The van der Waals surface area contributed by atoms with Crippen LogP contribution in [-0.4, -0.2) is 9.13 Å². The second-order valence-corrected chi connectivity index (χ2v) is 15.4. The van der Waals surface area contributed by atoms with E-state index >= 15 is 0 Å². The number of furan rings is 1. The lowest BCUT2D eigenvalue weighted by Gasteiger charge is -2.21. The van der Waals surface area contributed by atoms with Crippen molar-refractivity contribution in [3.63, 3.8) is 0 Å². The quantitative estimate of drug-likeness (QED) is 0.181. The van der Waals surface area contributed by atoms with Gasteiger partial charge in [0.2, 0.25) is 0 Å². The fourth-order valence-corrected chi connectivity index (χ4v) is 9.53. The largest absolute Gasteiger partial charge is 0.456 e. The van der Waals surface area contributed by atoms with Gasteiger partial charge in [0.15, 0.2) is 0 Å². The molecule has 54 heavy (non-hydrogen) atoms. The normalized spacial score (nSPS) is 13.5. The fraction of sp³-hybridized carbons (Fsp3) is 0.0588. The molecule has 1 aliphatic carbocycles. The molecule has 254 valence electrons. The van der Waals surface area contributed by atoms with E-state index in [1.54, 1.807) is 0 Å². The van der Waals surface area contributed by atoms with E-state index in [9.17, 15) is 0 Å². The van der Waals surface area contributed by atoms with Crippen molar-refractivity contribution in [2.75, 3.05) is 0 Å². The topological polar surface area (TPSA) is 23.0 Å². The van der Waals surface area contributed by atoms with Crippen LogP contribution in [0, 0.1) is 0 Å². The molecule has 0 spiro atoms. The summed E-state index contributed by atoms with van der Waals surface area (Å²) in [7, 11) is 0. The zero-order valence-corrected chi connectivity index (χ0v) is 30.0. The first-order valence-electron chi connectivity index (χ1n) is 18.8. The smallest absolute Gasteiger partial charge is 0.135 e. The standard InChI is InChI=1S/C51H34N2O/c1-51(2)43-17-9-6-14-35(43)38-29-41-40-27-32(21-24-47(40)52(48(41)30-44(38)51)33-12-4-3-5-13-33)31-20-23-46-39(26-31)36-15-7-10-18-45(36)53(46)34-22-25-50-42(28-34)37-16-8-11-19-49(37)54-50/h3-30H,1-2H3. The van der Waals surface area contributed by atoms with Gasteiger partial charge in [0, 0.05) is 49.1 Å². The van der Waals surface area contributed by atoms with Gasteiger partial charge in [0.1, 0.15) is 11.2 Å². The highest BCUT2D eigenvalue weighted by Crippen LogP contribution is 2.51. The van der Waals surface area contributed by atoms with E-state index in [4.69, 9.17) is 4.42 Å². The molecule has 3 aromatic heterocycles. The molecular formula is C51H34N2O. The van der Waals surface area contributed by atoms with E-state index in [0.29, 0.717) is 0 Å². The molecule has 3 heterocycles. The summed E-state index contributed by atoms with van der Waals surface area (Å²) in [5.74, 6) is 0. The number of hydrogen-bond donors (Lipinski definition) is 0. The lowest BCUT2D eigenvalue weighted by atomic mass is 9.82. The van der Waals surface area contributed by atoms with Crippen LogP contribution in [0.1, 0.15) is 25.0 Å². The molecule has 0 saturated heterocycles. The Morgan fingerprint density at radius 1 is 0.370 bits per heavy atom. The molecule has 0 aliphatic heterocycles. The van der Waals surface area contributed by atoms with Gasteiger partial charge < -0.3 is 13.6 Å². The molecule has 0 radical (unpaired) electrons. The van der Waals surface area contributed by atoms with Gasteiger partial charge in [-0.3, -0.25) is 0 Å². The second kappa shape index (κ2) is 10.6. The van der Waals surface area contributed by atoms with Crippen molar-refractivity contribution in [1.29, 1.82) is 0 Å². The van der Waals surface area contributed by atoms with Crippen LogP contribution >= 0.6 is 0 Å². The Morgan fingerprint density at radius 2 is 0.981 bits per heavy atom. The summed E-state index contributed by atoms with van der Waals surface area (Å²) in [6.45, 7) is 4.73. The number of nitrogens with zero attached hydrogens (tertiary/aromatic N) is 2. The van der Waals surface area contributed by atoms with E-state index in [1.807, 2.05) is 12.1 Å². The lowest BCUT2D eigenvalue weighted by molar-refractivity contribution is 0.661. The number of rotatable bonds is 3. The molecule has 8 aromatic carbocycles. The first kappa shape index (κ1) is 29.7. The highest BCUT2D eigenvalue weighted by atomic mass is 16.3. The van der Waals surface area contributed by atoms with Crippen LogP contribution < -0.4 is 0 Å². The minimum atomic E-state index is -0.0735. The van der Waals surface area contributed by atoms with E-state index in [0.717, 1.165) is 27.6 Å². The van der Waals surface area contributed by atoms with Gasteiger partial charge in [0.25, 0.3) is 0 Å². The van der Waals surface area contributed by atoms with E-state index in [-0.39, 0.29) is 5.41 Å². The molecule has 12 rings (SSSR count). The first-order chi connectivity index (χ1) is 26.5. The van der Waals surface area contributed by atoms with Crippen LogP contribution in [0.2, 0.25) is 0 Å². The Labute approximate surface area is 311 Å². The summed E-state index contributed by atoms with van der Waals surface area (Å²) >= 11 is 0. The van der Waals surface area contributed by atoms with Crippen LogP contribution in [-0.2, 0) is 5.41 Å². The molecular weight excluding hydrogens is 657 g/mol. The summed E-state index contributed by atoms with van der Waals surface area (Å²) in [4.78, 5) is 0. The minimum absolute atomic E-state index is 0.0735. The Morgan fingerprint density at radius 3 is 1.80 bits per heavy atom. The van der Waals surface area contributed by atoms with Gasteiger partial charge in [-0.15, -0.1) is 0 Å². The van der Waals surface area contributed by atoms with Gasteiger partial charge in [-0.2, -0.15) is 0 Å². The average molecular weight is 691 g/mol. The molecule has 0 unspecified atom stereocenters. The monoisotopic (exact) mass is 690 g/mol. The van der Waals surface area contributed by atoms with Crippen molar-refractivity contribution in [3.8, 4) is 33.6 Å². The van der Waals surface area contributed by atoms with Gasteiger partial charge in [0.05, 0.1) is 22.1 Å². The van der Waals surface area contributed by atoms with Crippen molar-refractivity contribution in [1.82, 2.24) is 9.13 Å². The average Bonchev–Trinajstić information content (AvgIpc) is 3.92. The molecule has 3 heteroatoms. The minimum Gasteiger partial charge on any atom is -0.456 e. The zero-order valence-electron chi connectivity index (χ0n) is 30.0. The van der Waals surface area contributed by atoms with Gasteiger partial charge in [-0.05, 0) is 112 Å². The third-order valence-corrected chi connectivity index (χ3v) is 12.1. The third-order valence-electron chi connectivity index (χ3n) is 12.1. The van der Waals surface area contributed by atoms with E-state index < -0.39 is 0 Å². The van der Waals surface area contributed by atoms with Crippen LogP contribution in [0.15, 0.2) is 174 Å². The van der Waals surface area contributed by atoms with Gasteiger partial charge in [-0.1, -0.05) is 105 Å². The highest BCUT2D eigenvalue weighted by molar-refractivity contribution is 6.14. The van der Waals surface area contributed by atoms with E-state index in [2.05, 4.69) is 181 Å². The summed E-state index contributed by atoms with van der Waals surface area (Å²) < 4.78 is 11.0. The van der Waals surface area contributed by atoms with Crippen LogP contribution in [0.5, 0.6) is 0 Å². The van der Waals surface area contributed by atoms with Crippen LogP contribution in [0.25, 0.3) is 99.2 Å². The Balaban J connectivity index is 1.07. The number of benzene rings is 8. The zero-order chi connectivity index (χ0) is 35.7. The highest BCUT2D eigenvalue weighted by Gasteiger charge is 2.36. The molecule has 0 N–H and O–H groups in total. The van der Waals surface area contributed by atoms with E-state index in [1.165, 1.54) is 82.7 Å². The van der Waals surface area contributed by atoms with Crippen molar-refractivity contribution in [3.05, 3.63) is 181 Å². The van der Waals surface area contributed by atoms with Crippen molar-refractivity contribution in [2.24, 2.45) is 0 Å². The maximum absolute atomic E-state index is 6.18. The van der Waals surface area contributed by atoms with Crippen molar-refractivity contribution >= 4 is 65.6 Å². The van der Waals surface area contributed by atoms with Crippen LogP contribution in [0.4, 0.5) is 0 Å². The molecule has 0 saturated carbocycles. The Kier molecular flexibility index (Phi) is 5.84. The fourth-order valence-electron chi connectivity index (χ4n) is 9.53. The number of para-hydroxylation sites is 3. The molecule has 0 bridgehead atoms. The molecule has 0 fully saturated rings. The van der Waals surface area contributed by atoms with Crippen molar-refractivity contribution < 1.29 is 4.42 Å². The lowest BCUT2D eigenvalue weighted by Crippen LogP contribution is -2.14. The van der Waals surface area contributed by atoms with Gasteiger partial charge >= 0.3 is 0 Å². The summed E-state index contributed by atoms with van der Waals surface area (Å²) in [5.41, 5.74) is 16.8. The molecule has 1 aliphatic rings. The Hall–Kier alpha value is -6.84.